The zero-order valence-corrected chi connectivity index (χ0v) is 17.0. The van der Waals surface area contributed by atoms with Gasteiger partial charge in [0, 0.05) is 22.4 Å². The molecule has 1 atom stereocenters. The smallest absolute Gasteiger partial charge is 0.365 e. The Hall–Kier alpha value is -2.72. The summed E-state index contributed by atoms with van der Waals surface area (Å²) in [6.45, 7) is 4.82. The Morgan fingerprint density at radius 2 is 2.10 bits per heavy atom. The maximum Gasteiger partial charge on any atom is 0.416 e. The molecule has 0 saturated carbocycles. The number of hydrogen-bond donors (Lipinski definition) is 0. The van der Waals surface area contributed by atoms with E-state index in [1.807, 2.05) is 19.2 Å². The lowest BCUT2D eigenvalue weighted by Crippen LogP contribution is -2.42. The maximum absolute atomic E-state index is 12.9. The molecule has 1 aliphatic heterocycles. The molecule has 4 rings (SSSR count). The molecule has 0 N–H and O–H groups in total. The highest BCUT2D eigenvalue weighted by molar-refractivity contribution is 7.10. The fourth-order valence-corrected chi connectivity index (χ4v) is 4.05. The molecule has 1 aromatic carbocycles. The van der Waals surface area contributed by atoms with Gasteiger partial charge >= 0.3 is 6.18 Å². The number of nitrogens with zero attached hydrogens (tertiary/aromatic N) is 3. The van der Waals surface area contributed by atoms with E-state index in [-0.39, 0.29) is 29.7 Å². The van der Waals surface area contributed by atoms with Crippen LogP contribution >= 0.6 is 11.3 Å². The molecule has 1 aliphatic rings. The van der Waals surface area contributed by atoms with E-state index in [0.717, 1.165) is 22.6 Å². The van der Waals surface area contributed by atoms with Gasteiger partial charge in [-0.25, -0.2) is 0 Å². The van der Waals surface area contributed by atoms with E-state index < -0.39 is 17.8 Å². The average molecular weight is 437 g/mol. The number of aryl methyl sites for hydroxylation is 1. The van der Waals surface area contributed by atoms with Crippen LogP contribution in [-0.2, 0) is 10.9 Å². The van der Waals surface area contributed by atoms with Gasteiger partial charge in [-0.15, -0.1) is 11.3 Å². The molecular formula is C20H18F3N3O3S. The van der Waals surface area contributed by atoms with Gasteiger partial charge in [-0.05, 0) is 31.5 Å². The first-order chi connectivity index (χ1) is 14.2. The van der Waals surface area contributed by atoms with Crippen molar-refractivity contribution in [3.05, 3.63) is 57.1 Å². The van der Waals surface area contributed by atoms with E-state index in [2.05, 4.69) is 10.1 Å². The quantitative estimate of drug-likeness (QED) is 0.597. The Kier molecular flexibility index (Phi) is 5.37. The minimum Gasteiger partial charge on any atom is -0.365 e. The number of carbonyl (C=O) groups excluding carboxylic acids is 1. The normalized spacial score (nSPS) is 17.4. The number of amides is 1. The lowest BCUT2D eigenvalue weighted by atomic mass is 10.1. The summed E-state index contributed by atoms with van der Waals surface area (Å²) in [5, 5.41) is 5.64. The van der Waals surface area contributed by atoms with Gasteiger partial charge in [-0.3, -0.25) is 4.79 Å². The van der Waals surface area contributed by atoms with Crippen molar-refractivity contribution < 1.29 is 27.2 Å². The van der Waals surface area contributed by atoms with Crippen molar-refractivity contribution in [2.45, 2.75) is 26.1 Å². The number of aromatic nitrogens is 2. The Bertz CT molecular complexity index is 1080. The minimum absolute atomic E-state index is 0.0347. The second-order valence-electron chi connectivity index (χ2n) is 6.98. The molecule has 3 aromatic rings. The molecule has 2 aromatic heterocycles. The third-order valence-electron chi connectivity index (χ3n) is 5.03. The van der Waals surface area contributed by atoms with Crippen LogP contribution in [-0.4, -0.2) is 40.6 Å². The van der Waals surface area contributed by atoms with Gasteiger partial charge in [0.15, 0.2) is 6.10 Å². The minimum atomic E-state index is -4.46. The van der Waals surface area contributed by atoms with E-state index in [1.54, 1.807) is 4.90 Å². The van der Waals surface area contributed by atoms with Crippen molar-refractivity contribution in [3.63, 3.8) is 0 Å². The lowest BCUT2D eigenvalue weighted by molar-refractivity contribution is -0.137. The first kappa shape index (κ1) is 20.5. The van der Waals surface area contributed by atoms with Crippen LogP contribution in [0.4, 0.5) is 13.2 Å². The van der Waals surface area contributed by atoms with Crippen molar-refractivity contribution in [1.82, 2.24) is 15.0 Å². The van der Waals surface area contributed by atoms with Crippen LogP contribution in [0.3, 0.4) is 0 Å². The van der Waals surface area contributed by atoms with Gasteiger partial charge in [0.2, 0.25) is 5.82 Å². The van der Waals surface area contributed by atoms with E-state index in [1.165, 1.54) is 23.5 Å². The summed E-state index contributed by atoms with van der Waals surface area (Å²) in [5.74, 6) is 0.0633. The van der Waals surface area contributed by atoms with Gasteiger partial charge in [-0.1, -0.05) is 17.3 Å². The standard InChI is InChI=1S/C20H18F3N3O3S/c1-11-12(2)30-10-15(11)19(27)26-6-7-28-16(9-26)18-24-17(25-29-18)13-4-3-5-14(8-13)20(21,22)23/h3-5,8,10,16H,6-7,9H2,1-2H3/t16-/m0/s1. The molecule has 30 heavy (non-hydrogen) atoms. The molecule has 0 unspecified atom stereocenters. The third kappa shape index (κ3) is 3.97. The number of rotatable bonds is 3. The molecule has 1 amide bonds. The van der Waals surface area contributed by atoms with Crippen molar-refractivity contribution >= 4 is 17.2 Å². The van der Waals surface area contributed by atoms with Gasteiger partial charge in [0.1, 0.15) is 0 Å². The Balaban J connectivity index is 1.52. The second kappa shape index (κ2) is 7.84. The van der Waals surface area contributed by atoms with Crippen LogP contribution in [0.25, 0.3) is 11.4 Å². The molecule has 0 aliphatic carbocycles. The van der Waals surface area contributed by atoms with Crippen LogP contribution in [0.2, 0.25) is 0 Å². The third-order valence-corrected chi connectivity index (χ3v) is 6.05. The predicted molar refractivity (Wildman–Crippen MR) is 103 cm³/mol. The highest BCUT2D eigenvalue weighted by Crippen LogP contribution is 2.32. The summed E-state index contributed by atoms with van der Waals surface area (Å²) in [5.41, 5.74) is 1.01. The first-order valence-electron chi connectivity index (χ1n) is 9.21. The van der Waals surface area contributed by atoms with Crippen LogP contribution < -0.4 is 0 Å². The van der Waals surface area contributed by atoms with Crippen molar-refractivity contribution in [2.24, 2.45) is 0 Å². The summed E-state index contributed by atoms with van der Waals surface area (Å²) < 4.78 is 49.8. The van der Waals surface area contributed by atoms with Gasteiger partial charge < -0.3 is 14.2 Å². The molecule has 0 radical (unpaired) electrons. The van der Waals surface area contributed by atoms with E-state index in [9.17, 15) is 18.0 Å². The molecule has 0 bridgehead atoms. The monoisotopic (exact) mass is 437 g/mol. The van der Waals surface area contributed by atoms with Crippen LogP contribution in [0, 0.1) is 13.8 Å². The van der Waals surface area contributed by atoms with Gasteiger partial charge in [0.25, 0.3) is 11.8 Å². The number of carbonyl (C=O) groups is 1. The zero-order chi connectivity index (χ0) is 21.5. The van der Waals surface area contributed by atoms with E-state index in [0.29, 0.717) is 18.7 Å². The van der Waals surface area contributed by atoms with Crippen LogP contribution in [0.1, 0.15) is 38.4 Å². The molecule has 10 heteroatoms. The highest BCUT2D eigenvalue weighted by atomic mass is 32.1. The summed E-state index contributed by atoms with van der Waals surface area (Å²) in [6, 6.07) is 4.71. The van der Waals surface area contributed by atoms with E-state index >= 15 is 0 Å². The second-order valence-corrected chi connectivity index (χ2v) is 8.06. The summed E-state index contributed by atoms with van der Waals surface area (Å²) in [7, 11) is 0. The Morgan fingerprint density at radius 3 is 2.80 bits per heavy atom. The number of hydrogen-bond acceptors (Lipinski definition) is 6. The topological polar surface area (TPSA) is 68.5 Å². The highest BCUT2D eigenvalue weighted by Gasteiger charge is 2.32. The number of morpholine rings is 1. The zero-order valence-electron chi connectivity index (χ0n) is 16.2. The van der Waals surface area contributed by atoms with Crippen LogP contribution in [0.15, 0.2) is 34.2 Å². The van der Waals surface area contributed by atoms with E-state index in [4.69, 9.17) is 9.26 Å². The largest absolute Gasteiger partial charge is 0.416 e. The molecule has 6 nitrogen and oxygen atoms in total. The fourth-order valence-electron chi connectivity index (χ4n) is 3.20. The fraction of sp³-hybridized carbons (Fsp3) is 0.350. The summed E-state index contributed by atoms with van der Waals surface area (Å²) in [6.07, 6.45) is -5.11. The molecule has 3 heterocycles. The molecule has 1 fully saturated rings. The predicted octanol–water partition coefficient (Wildman–Crippen LogP) is 4.65. The Morgan fingerprint density at radius 1 is 1.30 bits per heavy atom. The average Bonchev–Trinajstić information content (AvgIpc) is 3.35. The van der Waals surface area contributed by atoms with Crippen molar-refractivity contribution in [1.29, 1.82) is 0 Å². The molecule has 158 valence electrons. The lowest BCUT2D eigenvalue weighted by Gasteiger charge is -2.31. The van der Waals surface area contributed by atoms with Gasteiger partial charge in [-0.2, -0.15) is 18.2 Å². The SMILES string of the molecule is Cc1scc(C(=O)N2CCO[C@H](c3nc(-c4cccc(C(F)(F)F)c4)no3)C2)c1C. The van der Waals surface area contributed by atoms with Crippen LogP contribution in [0.5, 0.6) is 0 Å². The number of halogens is 3. The van der Waals surface area contributed by atoms with Crippen molar-refractivity contribution in [3.8, 4) is 11.4 Å². The number of alkyl halides is 3. The Labute approximate surface area is 174 Å². The van der Waals surface area contributed by atoms with Crippen molar-refractivity contribution in [2.75, 3.05) is 19.7 Å². The number of benzene rings is 1. The number of thiophene rings is 1. The first-order valence-corrected chi connectivity index (χ1v) is 10.1. The molecule has 0 spiro atoms. The summed E-state index contributed by atoms with van der Waals surface area (Å²) in [4.78, 5) is 19.8. The number of ether oxygens (including phenoxy) is 1. The molecule has 1 saturated heterocycles. The summed E-state index contributed by atoms with van der Waals surface area (Å²) >= 11 is 1.52. The maximum atomic E-state index is 12.9. The molecular weight excluding hydrogens is 419 g/mol. The van der Waals surface area contributed by atoms with Gasteiger partial charge in [0.05, 0.1) is 24.3 Å².